The smallest absolute Gasteiger partial charge is 0.223 e. The number of hydrogen-bond donors (Lipinski definition) is 2. The summed E-state index contributed by atoms with van der Waals surface area (Å²) in [6, 6.07) is 6.00. The zero-order chi connectivity index (χ0) is 15.0. The summed E-state index contributed by atoms with van der Waals surface area (Å²) in [6.45, 7) is 1.94. The first-order chi connectivity index (χ1) is 9.56. The predicted molar refractivity (Wildman–Crippen MR) is 74.8 cm³/mol. The Kier molecular flexibility index (Phi) is 7.18. The molecule has 0 bridgehead atoms. The number of aliphatic hydroxyl groups is 1. The Hall–Kier alpha value is -1.46. The van der Waals surface area contributed by atoms with Gasteiger partial charge in [0, 0.05) is 13.0 Å². The number of ether oxygens (including phenoxy) is 1. The van der Waals surface area contributed by atoms with E-state index in [4.69, 9.17) is 9.84 Å². The fraction of sp³-hybridized carbons (Fsp3) is 0.533. The lowest BCUT2D eigenvalue weighted by molar-refractivity contribution is -0.126. The van der Waals surface area contributed by atoms with Gasteiger partial charge in [-0.2, -0.15) is 0 Å². The van der Waals surface area contributed by atoms with E-state index in [0.29, 0.717) is 12.8 Å². The number of amides is 1. The molecule has 0 radical (unpaired) electrons. The summed E-state index contributed by atoms with van der Waals surface area (Å²) in [5.41, 5.74) is 0.875. The van der Waals surface area contributed by atoms with Crippen LogP contribution in [0, 0.1) is 11.7 Å². The van der Waals surface area contributed by atoms with Crippen LogP contribution in [0.2, 0.25) is 0 Å². The lowest BCUT2D eigenvalue weighted by Gasteiger charge is -2.18. The van der Waals surface area contributed by atoms with Crippen LogP contribution < -0.4 is 5.32 Å². The second-order valence-electron chi connectivity index (χ2n) is 4.91. The summed E-state index contributed by atoms with van der Waals surface area (Å²) in [6.07, 6.45) is 1.26. The van der Waals surface area contributed by atoms with E-state index in [0.717, 1.165) is 5.56 Å². The van der Waals surface area contributed by atoms with E-state index in [-0.39, 0.29) is 36.9 Å². The van der Waals surface area contributed by atoms with Crippen LogP contribution in [-0.4, -0.2) is 37.4 Å². The van der Waals surface area contributed by atoms with Gasteiger partial charge in [0.1, 0.15) is 5.82 Å². The van der Waals surface area contributed by atoms with Crippen LogP contribution in [0.1, 0.15) is 18.9 Å². The van der Waals surface area contributed by atoms with E-state index in [1.54, 1.807) is 6.07 Å². The summed E-state index contributed by atoms with van der Waals surface area (Å²) in [4.78, 5) is 11.9. The average Bonchev–Trinajstić information content (AvgIpc) is 2.44. The van der Waals surface area contributed by atoms with Crippen molar-refractivity contribution in [2.24, 2.45) is 5.92 Å². The summed E-state index contributed by atoms with van der Waals surface area (Å²) < 4.78 is 17.9. The van der Waals surface area contributed by atoms with Gasteiger partial charge in [-0.1, -0.05) is 19.1 Å². The van der Waals surface area contributed by atoms with Crippen LogP contribution in [0.5, 0.6) is 0 Å². The van der Waals surface area contributed by atoms with E-state index in [2.05, 4.69) is 5.32 Å². The predicted octanol–water partition coefficient (Wildman–Crippen LogP) is 1.52. The Balaban J connectivity index is 2.41. The third-order valence-electron chi connectivity index (χ3n) is 3.14. The Bertz CT molecular complexity index is 425. The van der Waals surface area contributed by atoms with Crippen molar-refractivity contribution in [1.82, 2.24) is 5.32 Å². The molecule has 0 aromatic heterocycles. The molecule has 0 saturated heterocycles. The topological polar surface area (TPSA) is 58.6 Å². The van der Waals surface area contributed by atoms with Gasteiger partial charge in [-0.25, -0.2) is 4.39 Å². The Labute approximate surface area is 119 Å². The van der Waals surface area contributed by atoms with Gasteiger partial charge in [0.2, 0.25) is 5.91 Å². The first-order valence-electron chi connectivity index (χ1n) is 6.71. The quantitative estimate of drug-likeness (QED) is 0.760. The third-order valence-corrected chi connectivity index (χ3v) is 3.14. The average molecular weight is 283 g/mol. The molecule has 1 aromatic carbocycles. The minimum absolute atomic E-state index is 0.127. The number of aliphatic hydroxyl groups excluding tert-OH is 1. The molecule has 0 aliphatic heterocycles. The number of aryl methyl sites for hydroxylation is 1. The highest BCUT2D eigenvalue weighted by Crippen LogP contribution is 2.11. The van der Waals surface area contributed by atoms with Crippen molar-refractivity contribution < 1.29 is 19.0 Å². The molecule has 1 aromatic rings. The van der Waals surface area contributed by atoms with Gasteiger partial charge in [0.15, 0.2) is 0 Å². The molecular weight excluding hydrogens is 261 g/mol. The van der Waals surface area contributed by atoms with Crippen molar-refractivity contribution in [3.8, 4) is 0 Å². The van der Waals surface area contributed by atoms with Gasteiger partial charge >= 0.3 is 0 Å². The molecule has 2 atom stereocenters. The van der Waals surface area contributed by atoms with Gasteiger partial charge in [-0.05, 0) is 30.5 Å². The zero-order valence-electron chi connectivity index (χ0n) is 11.9. The standard InChI is InChI=1S/C15H22FNO3/c1-11(15(19)17-14(9-18)10-20-2)6-7-12-4-3-5-13(16)8-12/h3-5,8,11,14,18H,6-7,9-10H2,1-2H3,(H,17,19)/t11-,14-/m0/s1. The maximum absolute atomic E-state index is 13.0. The Morgan fingerprint density at radius 1 is 1.50 bits per heavy atom. The molecule has 1 rings (SSSR count). The van der Waals surface area contributed by atoms with E-state index in [9.17, 15) is 9.18 Å². The van der Waals surface area contributed by atoms with Crippen LogP contribution in [0.3, 0.4) is 0 Å². The first kappa shape index (κ1) is 16.6. The van der Waals surface area contributed by atoms with E-state index >= 15 is 0 Å². The van der Waals surface area contributed by atoms with Crippen molar-refractivity contribution in [3.63, 3.8) is 0 Å². The SMILES string of the molecule is COC[C@H](CO)NC(=O)[C@@H](C)CCc1cccc(F)c1. The highest BCUT2D eigenvalue weighted by molar-refractivity contribution is 5.78. The first-order valence-corrected chi connectivity index (χ1v) is 6.71. The van der Waals surface area contributed by atoms with Gasteiger partial charge in [-0.15, -0.1) is 0 Å². The molecule has 2 N–H and O–H groups in total. The molecule has 0 fully saturated rings. The maximum Gasteiger partial charge on any atom is 0.223 e. The van der Waals surface area contributed by atoms with Crippen LogP contribution in [0.4, 0.5) is 4.39 Å². The molecule has 0 saturated carbocycles. The number of halogens is 1. The van der Waals surface area contributed by atoms with E-state index < -0.39 is 0 Å². The number of nitrogens with one attached hydrogen (secondary N) is 1. The number of rotatable bonds is 8. The Morgan fingerprint density at radius 3 is 2.85 bits per heavy atom. The van der Waals surface area contributed by atoms with Crippen molar-refractivity contribution in [3.05, 3.63) is 35.6 Å². The largest absolute Gasteiger partial charge is 0.394 e. The highest BCUT2D eigenvalue weighted by Gasteiger charge is 2.17. The lowest BCUT2D eigenvalue weighted by Crippen LogP contribution is -2.43. The highest BCUT2D eigenvalue weighted by atomic mass is 19.1. The molecule has 5 heteroatoms. The van der Waals surface area contributed by atoms with Crippen molar-refractivity contribution >= 4 is 5.91 Å². The second kappa shape index (κ2) is 8.66. The number of carbonyl (C=O) groups is 1. The van der Waals surface area contributed by atoms with Crippen LogP contribution in [0.15, 0.2) is 24.3 Å². The number of hydrogen-bond acceptors (Lipinski definition) is 3. The zero-order valence-corrected chi connectivity index (χ0v) is 11.9. The molecule has 112 valence electrons. The van der Waals surface area contributed by atoms with Crippen molar-refractivity contribution in [2.75, 3.05) is 20.3 Å². The van der Waals surface area contributed by atoms with Gasteiger partial charge in [0.25, 0.3) is 0 Å². The molecule has 20 heavy (non-hydrogen) atoms. The molecule has 0 unspecified atom stereocenters. The van der Waals surface area contributed by atoms with Gasteiger partial charge in [-0.3, -0.25) is 4.79 Å². The van der Waals surface area contributed by atoms with Gasteiger partial charge in [0.05, 0.1) is 19.3 Å². The molecule has 1 amide bonds. The lowest BCUT2D eigenvalue weighted by atomic mass is 10.00. The number of benzene rings is 1. The molecule has 4 nitrogen and oxygen atoms in total. The number of carbonyl (C=O) groups excluding carboxylic acids is 1. The maximum atomic E-state index is 13.0. The van der Waals surface area contributed by atoms with Crippen LogP contribution in [-0.2, 0) is 16.0 Å². The normalized spacial score (nSPS) is 13.8. The van der Waals surface area contributed by atoms with E-state index in [1.165, 1.54) is 19.2 Å². The molecule has 0 heterocycles. The molecule has 0 aliphatic carbocycles. The number of methoxy groups -OCH3 is 1. The summed E-state index contributed by atoms with van der Waals surface area (Å²) >= 11 is 0. The molecular formula is C15H22FNO3. The fourth-order valence-corrected chi connectivity index (χ4v) is 1.89. The van der Waals surface area contributed by atoms with Gasteiger partial charge < -0.3 is 15.2 Å². The summed E-state index contributed by atoms with van der Waals surface area (Å²) in [5, 5.41) is 11.8. The van der Waals surface area contributed by atoms with E-state index in [1.807, 2.05) is 13.0 Å². The van der Waals surface area contributed by atoms with Crippen molar-refractivity contribution in [1.29, 1.82) is 0 Å². The molecule has 0 aliphatic rings. The minimum Gasteiger partial charge on any atom is -0.394 e. The van der Waals surface area contributed by atoms with Crippen LogP contribution in [0.25, 0.3) is 0 Å². The summed E-state index contributed by atoms with van der Waals surface area (Å²) in [7, 11) is 1.52. The van der Waals surface area contributed by atoms with Crippen molar-refractivity contribution in [2.45, 2.75) is 25.8 Å². The second-order valence-corrected chi connectivity index (χ2v) is 4.91. The molecule has 0 spiro atoms. The Morgan fingerprint density at radius 2 is 2.25 bits per heavy atom. The monoisotopic (exact) mass is 283 g/mol. The fourth-order valence-electron chi connectivity index (χ4n) is 1.89. The summed E-state index contributed by atoms with van der Waals surface area (Å²) in [5.74, 6) is -0.596. The minimum atomic E-state index is -0.385. The van der Waals surface area contributed by atoms with Crippen LogP contribution >= 0.6 is 0 Å². The third kappa shape index (κ3) is 5.67.